The van der Waals surface area contributed by atoms with Crippen LogP contribution in [-0.2, 0) is 0 Å². The Balaban J connectivity index is 2.15. The SMILES string of the molecule is Nc1nnc(C2CCNC2)o1. The average molecular weight is 154 g/mol. The third-order valence-electron chi connectivity index (χ3n) is 1.87. The normalized spacial score (nSPS) is 24.2. The lowest BCUT2D eigenvalue weighted by Gasteiger charge is -1.98. The van der Waals surface area contributed by atoms with Gasteiger partial charge in [-0.2, -0.15) is 0 Å². The molecule has 1 unspecified atom stereocenters. The van der Waals surface area contributed by atoms with Gasteiger partial charge in [0, 0.05) is 6.54 Å². The molecule has 1 aromatic rings. The summed E-state index contributed by atoms with van der Waals surface area (Å²) in [4.78, 5) is 0. The second-order valence-corrected chi connectivity index (χ2v) is 2.67. The standard InChI is InChI=1S/C6H10N4O/c7-6-10-9-5(11-6)4-1-2-8-3-4/h4,8H,1-3H2,(H2,7,10). The van der Waals surface area contributed by atoms with Crippen molar-refractivity contribution in [2.45, 2.75) is 12.3 Å². The monoisotopic (exact) mass is 154 g/mol. The lowest BCUT2D eigenvalue weighted by Crippen LogP contribution is -2.08. The highest BCUT2D eigenvalue weighted by Crippen LogP contribution is 2.20. The Hall–Kier alpha value is -1.10. The van der Waals surface area contributed by atoms with Crippen molar-refractivity contribution in [3.05, 3.63) is 5.89 Å². The van der Waals surface area contributed by atoms with Crippen molar-refractivity contribution >= 4 is 6.01 Å². The molecular weight excluding hydrogens is 144 g/mol. The zero-order valence-corrected chi connectivity index (χ0v) is 6.08. The molecule has 1 aliphatic heterocycles. The van der Waals surface area contributed by atoms with Crippen LogP contribution in [0.3, 0.4) is 0 Å². The van der Waals surface area contributed by atoms with Gasteiger partial charge in [0.15, 0.2) is 0 Å². The molecule has 0 aliphatic carbocycles. The number of nitrogens with zero attached hydrogens (tertiary/aromatic N) is 2. The predicted molar refractivity (Wildman–Crippen MR) is 38.9 cm³/mol. The fraction of sp³-hybridized carbons (Fsp3) is 0.667. The van der Waals surface area contributed by atoms with Crippen LogP contribution in [-0.4, -0.2) is 23.3 Å². The van der Waals surface area contributed by atoms with E-state index < -0.39 is 0 Å². The third kappa shape index (κ3) is 1.19. The van der Waals surface area contributed by atoms with Gasteiger partial charge in [0.05, 0.1) is 5.92 Å². The van der Waals surface area contributed by atoms with Crippen LogP contribution < -0.4 is 11.1 Å². The lowest BCUT2D eigenvalue weighted by molar-refractivity contribution is 0.470. The van der Waals surface area contributed by atoms with E-state index >= 15 is 0 Å². The van der Waals surface area contributed by atoms with Crippen LogP contribution >= 0.6 is 0 Å². The molecule has 1 aromatic heterocycles. The largest absolute Gasteiger partial charge is 0.408 e. The molecule has 2 rings (SSSR count). The maximum Gasteiger partial charge on any atom is 0.312 e. The van der Waals surface area contributed by atoms with Crippen molar-refractivity contribution in [1.29, 1.82) is 0 Å². The Morgan fingerprint density at radius 2 is 2.45 bits per heavy atom. The van der Waals surface area contributed by atoms with Gasteiger partial charge in [-0.25, -0.2) is 0 Å². The first-order valence-corrected chi connectivity index (χ1v) is 3.66. The minimum Gasteiger partial charge on any atom is -0.408 e. The molecule has 1 saturated heterocycles. The van der Waals surface area contributed by atoms with Gasteiger partial charge in [0.25, 0.3) is 0 Å². The number of rotatable bonds is 1. The minimum atomic E-state index is 0.159. The van der Waals surface area contributed by atoms with Gasteiger partial charge in [0.2, 0.25) is 5.89 Å². The van der Waals surface area contributed by atoms with Crippen LogP contribution in [0.4, 0.5) is 6.01 Å². The molecule has 0 amide bonds. The van der Waals surface area contributed by atoms with Gasteiger partial charge in [0.1, 0.15) is 0 Å². The molecule has 0 radical (unpaired) electrons. The van der Waals surface area contributed by atoms with Crippen molar-refractivity contribution in [1.82, 2.24) is 15.5 Å². The topological polar surface area (TPSA) is 77.0 Å². The molecule has 3 N–H and O–H groups in total. The van der Waals surface area contributed by atoms with E-state index in [4.69, 9.17) is 10.2 Å². The van der Waals surface area contributed by atoms with E-state index in [1.807, 2.05) is 0 Å². The molecule has 11 heavy (non-hydrogen) atoms. The number of anilines is 1. The summed E-state index contributed by atoms with van der Waals surface area (Å²) in [5.74, 6) is 1.02. The van der Waals surface area contributed by atoms with E-state index in [1.165, 1.54) is 0 Å². The molecule has 5 nitrogen and oxygen atoms in total. The van der Waals surface area contributed by atoms with Crippen LogP contribution in [0.25, 0.3) is 0 Å². The van der Waals surface area contributed by atoms with E-state index in [0.717, 1.165) is 19.5 Å². The summed E-state index contributed by atoms with van der Waals surface area (Å²) in [6.07, 6.45) is 1.06. The van der Waals surface area contributed by atoms with Crippen LogP contribution in [0.15, 0.2) is 4.42 Å². The third-order valence-corrected chi connectivity index (χ3v) is 1.87. The molecule has 1 aliphatic rings. The van der Waals surface area contributed by atoms with Crippen molar-refractivity contribution in [3.8, 4) is 0 Å². The second kappa shape index (κ2) is 2.50. The first-order valence-electron chi connectivity index (χ1n) is 3.66. The Bertz CT molecular complexity index is 240. The average Bonchev–Trinajstić information content (AvgIpc) is 2.55. The summed E-state index contributed by atoms with van der Waals surface area (Å²) in [6, 6.07) is 0.159. The summed E-state index contributed by atoms with van der Waals surface area (Å²) in [7, 11) is 0. The molecule has 1 fully saturated rings. The van der Waals surface area contributed by atoms with E-state index in [2.05, 4.69) is 15.5 Å². The highest BCUT2D eigenvalue weighted by molar-refractivity contribution is 5.07. The second-order valence-electron chi connectivity index (χ2n) is 2.67. The van der Waals surface area contributed by atoms with Crippen LogP contribution in [0.2, 0.25) is 0 Å². The molecule has 1 atom stereocenters. The quantitative estimate of drug-likeness (QED) is 0.582. The van der Waals surface area contributed by atoms with E-state index in [1.54, 1.807) is 0 Å². The Labute approximate surface area is 64.0 Å². The Morgan fingerprint density at radius 3 is 3.00 bits per heavy atom. The molecule has 0 spiro atoms. The first-order chi connectivity index (χ1) is 5.36. The highest BCUT2D eigenvalue weighted by atomic mass is 16.4. The number of nitrogens with one attached hydrogen (secondary N) is 1. The summed E-state index contributed by atoms with van der Waals surface area (Å²) < 4.78 is 5.08. The maximum atomic E-state index is 5.29. The van der Waals surface area contributed by atoms with Gasteiger partial charge in [-0.05, 0) is 13.0 Å². The zero-order chi connectivity index (χ0) is 7.68. The van der Waals surface area contributed by atoms with Crippen LogP contribution in [0.1, 0.15) is 18.2 Å². The molecular formula is C6H10N4O. The molecule has 0 bridgehead atoms. The number of aromatic nitrogens is 2. The zero-order valence-electron chi connectivity index (χ0n) is 6.08. The first kappa shape index (κ1) is 6.60. The van der Waals surface area contributed by atoms with Crippen molar-refractivity contribution in [3.63, 3.8) is 0 Å². The summed E-state index contributed by atoms with van der Waals surface area (Å²) in [6.45, 7) is 1.94. The van der Waals surface area contributed by atoms with Gasteiger partial charge < -0.3 is 15.5 Å². The van der Waals surface area contributed by atoms with E-state index in [0.29, 0.717) is 11.8 Å². The van der Waals surface area contributed by atoms with Gasteiger partial charge in [-0.3, -0.25) is 0 Å². The fourth-order valence-electron chi connectivity index (χ4n) is 1.28. The van der Waals surface area contributed by atoms with Crippen molar-refractivity contribution < 1.29 is 4.42 Å². The fourth-order valence-corrected chi connectivity index (χ4v) is 1.28. The highest BCUT2D eigenvalue weighted by Gasteiger charge is 2.21. The van der Waals surface area contributed by atoms with Gasteiger partial charge in [-0.15, -0.1) is 5.10 Å². The minimum absolute atomic E-state index is 0.159. The maximum absolute atomic E-state index is 5.29. The van der Waals surface area contributed by atoms with Crippen molar-refractivity contribution in [2.75, 3.05) is 18.8 Å². The number of nitrogen functional groups attached to an aromatic ring is 1. The lowest BCUT2D eigenvalue weighted by atomic mass is 10.1. The molecule has 2 heterocycles. The van der Waals surface area contributed by atoms with E-state index in [9.17, 15) is 0 Å². The Morgan fingerprint density at radius 1 is 1.55 bits per heavy atom. The predicted octanol–water partition coefficient (Wildman–Crippen LogP) is -0.271. The number of nitrogens with two attached hydrogens (primary N) is 1. The van der Waals surface area contributed by atoms with Gasteiger partial charge in [-0.1, -0.05) is 5.10 Å². The molecule has 5 heteroatoms. The Kier molecular flexibility index (Phi) is 1.50. The molecule has 60 valence electrons. The van der Waals surface area contributed by atoms with Crippen LogP contribution in [0.5, 0.6) is 0 Å². The van der Waals surface area contributed by atoms with E-state index in [-0.39, 0.29) is 6.01 Å². The summed E-state index contributed by atoms with van der Waals surface area (Å²) >= 11 is 0. The number of hydrogen-bond acceptors (Lipinski definition) is 5. The molecule has 0 saturated carbocycles. The molecule has 0 aromatic carbocycles. The number of hydrogen-bond donors (Lipinski definition) is 2. The van der Waals surface area contributed by atoms with Crippen molar-refractivity contribution in [2.24, 2.45) is 0 Å². The smallest absolute Gasteiger partial charge is 0.312 e. The van der Waals surface area contributed by atoms with Gasteiger partial charge >= 0.3 is 6.01 Å². The van der Waals surface area contributed by atoms with Crippen LogP contribution in [0, 0.1) is 0 Å². The summed E-state index contributed by atoms with van der Waals surface area (Å²) in [5, 5.41) is 10.6. The summed E-state index contributed by atoms with van der Waals surface area (Å²) in [5.41, 5.74) is 5.29.